The van der Waals surface area contributed by atoms with E-state index in [1.165, 1.54) is 0 Å². The van der Waals surface area contributed by atoms with E-state index < -0.39 is 0 Å². The fourth-order valence-corrected chi connectivity index (χ4v) is 2.01. The Morgan fingerprint density at radius 2 is 2.29 bits per heavy atom. The van der Waals surface area contributed by atoms with Gasteiger partial charge < -0.3 is 10.7 Å². The van der Waals surface area contributed by atoms with Crippen molar-refractivity contribution in [3.8, 4) is 6.07 Å². The number of nitrogens with two attached hydrogens (primary N) is 1. The van der Waals surface area contributed by atoms with E-state index >= 15 is 0 Å². The molecule has 0 saturated heterocycles. The number of halogens is 1. The first kappa shape index (κ1) is 11.8. The average molecular weight is 306 g/mol. The number of rotatable bonds is 2. The van der Waals surface area contributed by atoms with E-state index in [0.29, 0.717) is 5.57 Å². The average Bonchev–Trinajstić information content (AvgIpc) is 2.68. The van der Waals surface area contributed by atoms with Gasteiger partial charge in [0.2, 0.25) is 0 Å². The van der Waals surface area contributed by atoms with Crippen LogP contribution in [0.25, 0.3) is 17.0 Å². The van der Waals surface area contributed by atoms with Gasteiger partial charge in [0.15, 0.2) is 0 Å². The van der Waals surface area contributed by atoms with Crippen molar-refractivity contribution in [2.75, 3.05) is 0 Å². The SMILES string of the molecule is N#C/C(=C/c1c[nH]c2ccc(Br)cc12)C(N)=S. The van der Waals surface area contributed by atoms with Crippen LogP contribution < -0.4 is 5.73 Å². The van der Waals surface area contributed by atoms with E-state index in [4.69, 9.17) is 23.2 Å². The van der Waals surface area contributed by atoms with Crippen molar-refractivity contribution in [3.63, 3.8) is 0 Å². The zero-order valence-corrected chi connectivity index (χ0v) is 11.1. The topological polar surface area (TPSA) is 65.6 Å². The second kappa shape index (κ2) is 4.70. The smallest absolute Gasteiger partial charge is 0.114 e. The Hall–Kier alpha value is -1.64. The predicted octanol–water partition coefficient (Wildman–Crippen LogP) is 3.12. The summed E-state index contributed by atoms with van der Waals surface area (Å²) in [7, 11) is 0. The number of nitrogens with one attached hydrogen (secondary N) is 1. The molecule has 84 valence electrons. The molecule has 1 heterocycles. The van der Waals surface area contributed by atoms with Crippen LogP contribution in [0.1, 0.15) is 5.56 Å². The van der Waals surface area contributed by atoms with Crippen molar-refractivity contribution in [2.24, 2.45) is 5.73 Å². The van der Waals surface area contributed by atoms with Gasteiger partial charge in [-0.05, 0) is 24.3 Å². The molecule has 3 nitrogen and oxygen atoms in total. The molecule has 0 spiro atoms. The molecule has 0 aliphatic carbocycles. The normalized spacial score (nSPS) is 11.4. The molecule has 5 heteroatoms. The molecule has 0 radical (unpaired) electrons. The molecule has 0 unspecified atom stereocenters. The largest absolute Gasteiger partial charge is 0.389 e. The lowest BCUT2D eigenvalue weighted by atomic mass is 10.1. The zero-order chi connectivity index (χ0) is 12.4. The van der Waals surface area contributed by atoms with E-state index in [1.807, 2.05) is 30.5 Å². The summed E-state index contributed by atoms with van der Waals surface area (Å²) in [4.78, 5) is 3.23. The Balaban J connectivity index is 2.61. The summed E-state index contributed by atoms with van der Waals surface area (Å²) in [6.07, 6.45) is 3.51. The minimum absolute atomic E-state index is 0.108. The van der Waals surface area contributed by atoms with Crippen molar-refractivity contribution >= 4 is 50.1 Å². The van der Waals surface area contributed by atoms with Crippen LogP contribution in [0.15, 0.2) is 34.4 Å². The highest BCUT2D eigenvalue weighted by Crippen LogP contribution is 2.24. The third-order valence-corrected chi connectivity index (χ3v) is 3.07. The lowest BCUT2D eigenvalue weighted by Gasteiger charge is -1.96. The van der Waals surface area contributed by atoms with Gasteiger partial charge in [-0.15, -0.1) is 0 Å². The minimum atomic E-state index is 0.108. The highest BCUT2D eigenvalue weighted by atomic mass is 79.9. The van der Waals surface area contributed by atoms with Crippen LogP contribution in [-0.4, -0.2) is 9.97 Å². The quantitative estimate of drug-likeness (QED) is 0.509. The number of hydrogen-bond acceptors (Lipinski definition) is 2. The molecular formula is C12H8BrN3S. The van der Waals surface area contributed by atoms with Gasteiger partial charge in [-0.2, -0.15) is 5.26 Å². The molecule has 1 aromatic heterocycles. The number of thiocarbonyl (C=S) groups is 1. The molecule has 0 aliphatic heterocycles. The van der Waals surface area contributed by atoms with Gasteiger partial charge in [-0.3, -0.25) is 0 Å². The highest BCUT2D eigenvalue weighted by molar-refractivity contribution is 9.10. The maximum Gasteiger partial charge on any atom is 0.114 e. The molecule has 0 saturated carbocycles. The summed E-state index contributed by atoms with van der Waals surface area (Å²) in [5, 5.41) is 9.93. The fraction of sp³-hybridized carbons (Fsp3) is 0. The van der Waals surface area contributed by atoms with Crippen molar-refractivity contribution in [2.45, 2.75) is 0 Å². The highest BCUT2D eigenvalue weighted by Gasteiger charge is 2.05. The third-order valence-electron chi connectivity index (χ3n) is 2.36. The number of hydrogen-bond donors (Lipinski definition) is 2. The number of H-pyrrole nitrogens is 1. The van der Waals surface area contributed by atoms with Gasteiger partial charge in [0.1, 0.15) is 11.1 Å². The van der Waals surface area contributed by atoms with Crippen LogP contribution in [0.3, 0.4) is 0 Å². The van der Waals surface area contributed by atoms with Gasteiger partial charge in [0, 0.05) is 27.1 Å². The minimum Gasteiger partial charge on any atom is -0.389 e. The molecule has 0 atom stereocenters. The molecule has 0 aliphatic rings. The number of aromatic amines is 1. The molecule has 2 rings (SSSR count). The van der Waals surface area contributed by atoms with Crippen LogP contribution in [0.4, 0.5) is 0 Å². The second-order valence-corrected chi connectivity index (χ2v) is 4.82. The predicted molar refractivity (Wildman–Crippen MR) is 76.4 cm³/mol. The number of nitriles is 1. The third kappa shape index (κ3) is 2.38. The van der Waals surface area contributed by atoms with Crippen molar-refractivity contribution in [1.82, 2.24) is 4.98 Å². The first-order valence-electron chi connectivity index (χ1n) is 4.80. The van der Waals surface area contributed by atoms with E-state index in [-0.39, 0.29) is 4.99 Å². The summed E-state index contributed by atoms with van der Waals surface area (Å²) in [5.74, 6) is 0. The molecule has 2 aromatic rings. The standard InChI is InChI=1S/C12H8BrN3S/c13-9-1-2-11-10(4-9)8(6-16-11)3-7(5-14)12(15)17/h1-4,6,16H,(H2,15,17)/b7-3-. The van der Waals surface area contributed by atoms with Crippen LogP contribution in [0.2, 0.25) is 0 Å². The summed E-state index contributed by atoms with van der Waals surface area (Å²) in [6, 6.07) is 7.88. The van der Waals surface area contributed by atoms with Gasteiger partial charge in [0.25, 0.3) is 0 Å². The lowest BCUT2D eigenvalue weighted by molar-refractivity contribution is 1.47. The molecule has 1 aromatic carbocycles. The van der Waals surface area contributed by atoms with Crippen LogP contribution >= 0.6 is 28.1 Å². The first-order valence-corrected chi connectivity index (χ1v) is 6.00. The van der Waals surface area contributed by atoms with Crippen LogP contribution in [-0.2, 0) is 0 Å². The number of nitrogens with zero attached hydrogens (tertiary/aromatic N) is 1. The maximum atomic E-state index is 8.92. The Kier molecular flexibility index (Phi) is 3.27. The second-order valence-electron chi connectivity index (χ2n) is 3.47. The van der Waals surface area contributed by atoms with Crippen LogP contribution in [0.5, 0.6) is 0 Å². The molecule has 0 bridgehead atoms. The molecule has 0 fully saturated rings. The first-order chi connectivity index (χ1) is 8.11. The number of aromatic nitrogens is 1. The Morgan fingerprint density at radius 3 is 2.94 bits per heavy atom. The monoisotopic (exact) mass is 305 g/mol. The van der Waals surface area contributed by atoms with Gasteiger partial charge >= 0.3 is 0 Å². The summed E-state index contributed by atoms with van der Waals surface area (Å²) < 4.78 is 0.980. The van der Waals surface area contributed by atoms with Crippen LogP contribution in [0, 0.1) is 11.3 Å². The van der Waals surface area contributed by atoms with Crippen molar-refractivity contribution in [1.29, 1.82) is 5.26 Å². The molecule has 0 amide bonds. The van der Waals surface area contributed by atoms with E-state index in [1.54, 1.807) is 6.08 Å². The Labute approximate surface area is 112 Å². The lowest BCUT2D eigenvalue weighted by Crippen LogP contribution is -2.09. The molecular weight excluding hydrogens is 298 g/mol. The fourth-order valence-electron chi connectivity index (χ4n) is 1.55. The van der Waals surface area contributed by atoms with E-state index in [2.05, 4.69) is 20.9 Å². The summed E-state index contributed by atoms with van der Waals surface area (Å²) >= 11 is 8.22. The number of fused-ring (bicyclic) bond motifs is 1. The summed E-state index contributed by atoms with van der Waals surface area (Å²) in [5.41, 5.74) is 7.66. The van der Waals surface area contributed by atoms with E-state index in [0.717, 1.165) is 20.9 Å². The number of benzene rings is 1. The Bertz CT molecular complexity index is 664. The van der Waals surface area contributed by atoms with Crippen molar-refractivity contribution < 1.29 is 0 Å². The molecule has 17 heavy (non-hydrogen) atoms. The van der Waals surface area contributed by atoms with Gasteiger partial charge in [0.05, 0.1) is 5.57 Å². The van der Waals surface area contributed by atoms with Crippen molar-refractivity contribution in [3.05, 3.63) is 40.0 Å². The van der Waals surface area contributed by atoms with Gasteiger partial charge in [-0.1, -0.05) is 28.1 Å². The van der Waals surface area contributed by atoms with Gasteiger partial charge in [-0.25, -0.2) is 0 Å². The zero-order valence-electron chi connectivity index (χ0n) is 8.70. The summed E-state index contributed by atoms with van der Waals surface area (Å²) in [6.45, 7) is 0. The molecule has 3 N–H and O–H groups in total. The van der Waals surface area contributed by atoms with E-state index in [9.17, 15) is 0 Å². The Morgan fingerprint density at radius 1 is 1.53 bits per heavy atom. The maximum absolute atomic E-state index is 8.92.